The molecule has 4 heteroatoms. The molecule has 1 N–H and O–H groups in total. The van der Waals surface area contributed by atoms with Gasteiger partial charge in [0.05, 0.1) is 4.47 Å². The van der Waals surface area contributed by atoms with Crippen molar-refractivity contribution in [1.82, 2.24) is 5.32 Å². The van der Waals surface area contributed by atoms with Crippen LogP contribution in [-0.4, -0.2) is 13.2 Å². The number of ether oxygens (including phenoxy) is 1. The average molecular weight is 341 g/mol. The molecule has 0 aliphatic carbocycles. The molecule has 0 aliphatic heterocycles. The Morgan fingerprint density at radius 3 is 2.63 bits per heavy atom. The number of benzene rings is 2. The summed E-state index contributed by atoms with van der Waals surface area (Å²) in [5.74, 6) is 0.811. The van der Waals surface area contributed by atoms with Crippen LogP contribution in [0, 0.1) is 0 Å². The fourth-order valence-electron chi connectivity index (χ4n) is 1.65. The minimum Gasteiger partial charge on any atom is -0.491 e. The van der Waals surface area contributed by atoms with Crippen molar-refractivity contribution in [1.29, 1.82) is 0 Å². The first-order valence-electron chi connectivity index (χ1n) is 6.08. The molecule has 0 radical (unpaired) electrons. The van der Waals surface area contributed by atoms with E-state index in [0.717, 1.165) is 23.3 Å². The summed E-state index contributed by atoms with van der Waals surface area (Å²) in [6.07, 6.45) is 0. The van der Waals surface area contributed by atoms with Gasteiger partial charge in [0.15, 0.2) is 0 Å². The van der Waals surface area contributed by atoms with Crippen molar-refractivity contribution in [3.63, 3.8) is 0 Å². The zero-order valence-electron chi connectivity index (χ0n) is 10.4. The molecule has 0 aliphatic rings. The maximum absolute atomic E-state index is 5.87. The molecule has 2 rings (SSSR count). The highest BCUT2D eigenvalue weighted by molar-refractivity contribution is 9.10. The van der Waals surface area contributed by atoms with Gasteiger partial charge < -0.3 is 10.1 Å². The largest absolute Gasteiger partial charge is 0.491 e. The summed E-state index contributed by atoms with van der Waals surface area (Å²) in [5.41, 5.74) is 1.27. The smallest absolute Gasteiger partial charge is 0.133 e. The van der Waals surface area contributed by atoms with E-state index in [9.17, 15) is 0 Å². The van der Waals surface area contributed by atoms with Crippen LogP contribution in [0.3, 0.4) is 0 Å². The predicted octanol–water partition coefficient (Wildman–Crippen LogP) is 4.27. The first kappa shape index (κ1) is 14.4. The Labute approximate surface area is 126 Å². The van der Waals surface area contributed by atoms with Crippen molar-refractivity contribution < 1.29 is 4.74 Å². The van der Waals surface area contributed by atoms with Gasteiger partial charge in [0.25, 0.3) is 0 Å². The van der Waals surface area contributed by atoms with E-state index in [1.165, 1.54) is 5.56 Å². The Balaban J connectivity index is 1.69. The standard InChI is InChI=1S/C15H15BrClNO/c16-14-10-13(17)6-7-15(14)19-9-8-18-11-12-4-2-1-3-5-12/h1-7,10,18H,8-9,11H2. The maximum atomic E-state index is 5.87. The fourth-order valence-corrected chi connectivity index (χ4v) is 2.45. The van der Waals surface area contributed by atoms with Gasteiger partial charge in [-0.25, -0.2) is 0 Å². The zero-order valence-corrected chi connectivity index (χ0v) is 12.7. The fraction of sp³-hybridized carbons (Fsp3) is 0.200. The van der Waals surface area contributed by atoms with Crippen LogP contribution in [0.2, 0.25) is 5.02 Å². The maximum Gasteiger partial charge on any atom is 0.133 e. The molecule has 0 spiro atoms. The number of hydrogen-bond acceptors (Lipinski definition) is 2. The molecule has 19 heavy (non-hydrogen) atoms. The molecule has 0 bridgehead atoms. The predicted molar refractivity (Wildman–Crippen MR) is 82.8 cm³/mol. The quantitative estimate of drug-likeness (QED) is 0.793. The molecule has 2 nitrogen and oxygen atoms in total. The molecule has 0 heterocycles. The normalized spacial score (nSPS) is 10.4. The number of halogens is 2. The van der Waals surface area contributed by atoms with Crippen molar-refractivity contribution in [2.24, 2.45) is 0 Å². The second-order valence-electron chi connectivity index (χ2n) is 4.09. The van der Waals surface area contributed by atoms with Crippen molar-refractivity contribution >= 4 is 27.5 Å². The first-order chi connectivity index (χ1) is 9.25. The van der Waals surface area contributed by atoms with E-state index in [4.69, 9.17) is 16.3 Å². The molecule has 100 valence electrons. The van der Waals surface area contributed by atoms with Crippen LogP contribution in [0.25, 0.3) is 0 Å². The molecule has 2 aromatic rings. The van der Waals surface area contributed by atoms with Gasteiger partial charge in [0, 0.05) is 18.1 Å². The van der Waals surface area contributed by atoms with E-state index < -0.39 is 0 Å². The summed E-state index contributed by atoms with van der Waals surface area (Å²) >= 11 is 9.29. The molecule has 0 fully saturated rings. The van der Waals surface area contributed by atoms with Crippen molar-refractivity contribution in [2.75, 3.05) is 13.2 Å². The van der Waals surface area contributed by atoms with Crippen LogP contribution in [-0.2, 0) is 6.54 Å². The van der Waals surface area contributed by atoms with Gasteiger partial charge in [0.2, 0.25) is 0 Å². The van der Waals surface area contributed by atoms with Crippen molar-refractivity contribution in [3.8, 4) is 5.75 Å². The van der Waals surface area contributed by atoms with Crippen molar-refractivity contribution in [2.45, 2.75) is 6.54 Å². The topological polar surface area (TPSA) is 21.3 Å². The molecular weight excluding hydrogens is 326 g/mol. The SMILES string of the molecule is Clc1ccc(OCCNCc2ccccc2)c(Br)c1. The molecule has 0 atom stereocenters. The molecule has 0 saturated carbocycles. The highest BCUT2D eigenvalue weighted by Crippen LogP contribution is 2.27. The highest BCUT2D eigenvalue weighted by atomic mass is 79.9. The first-order valence-corrected chi connectivity index (χ1v) is 7.25. The van der Waals surface area contributed by atoms with Crippen molar-refractivity contribution in [3.05, 3.63) is 63.6 Å². The Morgan fingerprint density at radius 2 is 1.89 bits per heavy atom. The molecule has 0 saturated heterocycles. The Morgan fingerprint density at radius 1 is 1.11 bits per heavy atom. The summed E-state index contributed by atoms with van der Waals surface area (Å²) in [6.45, 7) is 2.27. The second kappa shape index (κ2) is 7.53. The molecule has 0 aromatic heterocycles. The lowest BCUT2D eigenvalue weighted by molar-refractivity contribution is 0.312. The van der Waals surface area contributed by atoms with E-state index in [1.54, 1.807) is 0 Å². The third-order valence-corrected chi connectivity index (χ3v) is 3.46. The summed E-state index contributed by atoms with van der Waals surface area (Å²) in [4.78, 5) is 0. The second-order valence-corrected chi connectivity index (χ2v) is 5.38. The van der Waals surface area contributed by atoms with E-state index >= 15 is 0 Å². The minimum absolute atomic E-state index is 0.618. The van der Waals surface area contributed by atoms with Crippen LogP contribution < -0.4 is 10.1 Å². The Kier molecular flexibility index (Phi) is 5.70. The highest BCUT2D eigenvalue weighted by Gasteiger charge is 2.01. The monoisotopic (exact) mass is 339 g/mol. The number of hydrogen-bond donors (Lipinski definition) is 1. The van der Waals surface area contributed by atoms with Crippen LogP contribution in [0.4, 0.5) is 0 Å². The van der Waals surface area contributed by atoms with Gasteiger partial charge in [-0.1, -0.05) is 41.9 Å². The van der Waals surface area contributed by atoms with E-state index in [1.807, 2.05) is 36.4 Å². The summed E-state index contributed by atoms with van der Waals surface area (Å²) < 4.78 is 6.54. The lowest BCUT2D eigenvalue weighted by Crippen LogP contribution is -2.20. The molecule has 0 amide bonds. The minimum atomic E-state index is 0.618. The van der Waals surface area contributed by atoms with Crippen LogP contribution in [0.5, 0.6) is 5.75 Å². The van der Waals surface area contributed by atoms with Gasteiger partial charge in [-0.3, -0.25) is 0 Å². The van der Waals surface area contributed by atoms with Gasteiger partial charge in [-0.15, -0.1) is 0 Å². The van der Waals surface area contributed by atoms with E-state index in [2.05, 4.69) is 33.4 Å². The van der Waals surface area contributed by atoms with Crippen LogP contribution in [0.1, 0.15) is 5.56 Å². The van der Waals surface area contributed by atoms with Crippen LogP contribution in [0.15, 0.2) is 53.0 Å². The Hall–Kier alpha value is -1.03. The van der Waals surface area contributed by atoms with E-state index in [0.29, 0.717) is 11.6 Å². The number of rotatable bonds is 6. The molecule has 2 aromatic carbocycles. The summed E-state index contributed by atoms with van der Waals surface area (Å²) in [5, 5.41) is 4.03. The third-order valence-electron chi connectivity index (χ3n) is 2.60. The molecule has 0 unspecified atom stereocenters. The third kappa shape index (κ3) is 4.86. The number of nitrogens with one attached hydrogen (secondary N) is 1. The Bertz CT molecular complexity index is 519. The molecular formula is C15H15BrClNO. The van der Waals surface area contributed by atoms with Gasteiger partial charge >= 0.3 is 0 Å². The summed E-state index contributed by atoms with van der Waals surface area (Å²) in [6, 6.07) is 15.8. The van der Waals surface area contributed by atoms with Crippen LogP contribution >= 0.6 is 27.5 Å². The van der Waals surface area contributed by atoms with Gasteiger partial charge in [-0.05, 0) is 39.7 Å². The lowest BCUT2D eigenvalue weighted by Gasteiger charge is -2.09. The lowest BCUT2D eigenvalue weighted by atomic mass is 10.2. The van der Waals surface area contributed by atoms with E-state index in [-0.39, 0.29) is 0 Å². The summed E-state index contributed by atoms with van der Waals surface area (Å²) in [7, 11) is 0. The van der Waals surface area contributed by atoms with Gasteiger partial charge in [-0.2, -0.15) is 0 Å². The zero-order chi connectivity index (χ0) is 13.5. The average Bonchev–Trinajstić information content (AvgIpc) is 2.42. The van der Waals surface area contributed by atoms with Gasteiger partial charge in [0.1, 0.15) is 12.4 Å².